The molecule has 116 valence electrons. The summed E-state index contributed by atoms with van der Waals surface area (Å²) in [5.41, 5.74) is 0.994. The molecule has 1 heterocycles. The topological polar surface area (TPSA) is 69.7 Å². The van der Waals surface area contributed by atoms with E-state index in [2.05, 4.69) is 5.32 Å². The molecule has 21 heavy (non-hydrogen) atoms. The highest BCUT2D eigenvalue weighted by Crippen LogP contribution is 2.15. The zero-order chi connectivity index (χ0) is 15.5. The molecule has 6 nitrogen and oxygen atoms in total. The molecule has 1 aliphatic rings. The van der Waals surface area contributed by atoms with Crippen molar-refractivity contribution >= 4 is 15.9 Å². The summed E-state index contributed by atoms with van der Waals surface area (Å²) in [5, 5.41) is 3.16. The van der Waals surface area contributed by atoms with Crippen LogP contribution < -0.4 is 5.32 Å². The fourth-order valence-electron chi connectivity index (χ4n) is 2.18. The van der Waals surface area contributed by atoms with Gasteiger partial charge in [0.1, 0.15) is 0 Å². The number of nitrogens with one attached hydrogen (secondary N) is 1. The van der Waals surface area contributed by atoms with E-state index in [9.17, 15) is 13.2 Å². The molecule has 1 N–H and O–H groups in total. The summed E-state index contributed by atoms with van der Waals surface area (Å²) in [6.07, 6.45) is 0. The molecule has 1 aromatic rings. The molecule has 0 unspecified atom stereocenters. The lowest BCUT2D eigenvalue weighted by molar-refractivity contribution is -0.131. The molecule has 0 aromatic heterocycles. The van der Waals surface area contributed by atoms with Crippen LogP contribution in [0.3, 0.4) is 0 Å². The van der Waals surface area contributed by atoms with Crippen LogP contribution in [0.1, 0.15) is 5.56 Å². The van der Waals surface area contributed by atoms with Crippen LogP contribution in [-0.2, 0) is 14.8 Å². The van der Waals surface area contributed by atoms with E-state index < -0.39 is 10.0 Å². The van der Waals surface area contributed by atoms with E-state index in [0.717, 1.165) is 23.0 Å². The Morgan fingerprint density at radius 3 is 2.38 bits per heavy atom. The third kappa shape index (κ3) is 3.81. The number of piperazine rings is 1. The summed E-state index contributed by atoms with van der Waals surface area (Å²) in [6.45, 7) is 4.51. The Morgan fingerprint density at radius 1 is 1.24 bits per heavy atom. The van der Waals surface area contributed by atoms with Crippen LogP contribution in [0.2, 0.25) is 0 Å². The van der Waals surface area contributed by atoms with Crippen molar-refractivity contribution in [3.05, 3.63) is 29.8 Å². The Morgan fingerprint density at radius 2 is 1.81 bits per heavy atom. The second kappa shape index (κ2) is 6.55. The van der Waals surface area contributed by atoms with Gasteiger partial charge in [-0.15, -0.1) is 0 Å². The number of aryl methyl sites for hydroxylation is 1. The van der Waals surface area contributed by atoms with Gasteiger partial charge in [0.25, 0.3) is 0 Å². The first-order valence-corrected chi connectivity index (χ1v) is 8.37. The second-order valence-electron chi connectivity index (χ2n) is 5.20. The summed E-state index contributed by atoms with van der Waals surface area (Å²) in [4.78, 5) is 14.0. The summed E-state index contributed by atoms with van der Waals surface area (Å²) in [5.74, 6) is -0.158. The van der Waals surface area contributed by atoms with Crippen LogP contribution in [0.25, 0.3) is 0 Å². The number of nitrogens with zero attached hydrogens (tertiary/aromatic N) is 2. The van der Waals surface area contributed by atoms with Crippen molar-refractivity contribution in [3.8, 4) is 0 Å². The fraction of sp³-hybridized carbons (Fsp3) is 0.500. The van der Waals surface area contributed by atoms with Crippen molar-refractivity contribution in [2.45, 2.75) is 11.8 Å². The number of hydrogen-bond donors (Lipinski definition) is 1. The van der Waals surface area contributed by atoms with Crippen LogP contribution in [0, 0.1) is 6.92 Å². The van der Waals surface area contributed by atoms with Gasteiger partial charge in [0.05, 0.1) is 11.4 Å². The summed E-state index contributed by atoms with van der Waals surface area (Å²) >= 11 is 0. The first-order chi connectivity index (χ1) is 9.91. The van der Waals surface area contributed by atoms with Gasteiger partial charge in [-0.25, -0.2) is 8.42 Å². The number of amides is 1. The van der Waals surface area contributed by atoms with Gasteiger partial charge >= 0.3 is 0 Å². The van der Waals surface area contributed by atoms with Crippen LogP contribution in [0.4, 0.5) is 0 Å². The molecule has 0 bridgehead atoms. The maximum atomic E-state index is 12.4. The van der Waals surface area contributed by atoms with Gasteiger partial charge in [-0.05, 0) is 19.1 Å². The molecule has 0 saturated carbocycles. The minimum atomic E-state index is -3.62. The van der Waals surface area contributed by atoms with Crippen molar-refractivity contribution < 1.29 is 13.2 Å². The first kappa shape index (κ1) is 15.9. The molecule has 1 fully saturated rings. The number of carbonyl (C=O) groups is 1. The predicted octanol–water partition coefficient (Wildman–Crippen LogP) is 0.0473. The highest BCUT2D eigenvalue weighted by Gasteiger charge is 2.25. The molecule has 0 radical (unpaired) electrons. The van der Waals surface area contributed by atoms with Gasteiger partial charge in [-0.1, -0.05) is 17.7 Å². The van der Waals surface area contributed by atoms with Crippen molar-refractivity contribution in [2.75, 3.05) is 39.8 Å². The van der Waals surface area contributed by atoms with Gasteiger partial charge in [0.2, 0.25) is 15.9 Å². The first-order valence-electron chi connectivity index (χ1n) is 6.93. The third-order valence-electron chi connectivity index (χ3n) is 3.56. The highest BCUT2D eigenvalue weighted by atomic mass is 32.2. The minimum Gasteiger partial charge on any atom is -0.339 e. The third-order valence-corrected chi connectivity index (χ3v) is 5.37. The largest absolute Gasteiger partial charge is 0.339 e. The van der Waals surface area contributed by atoms with E-state index in [4.69, 9.17) is 0 Å². The van der Waals surface area contributed by atoms with Crippen molar-refractivity contribution in [3.63, 3.8) is 0 Å². The van der Waals surface area contributed by atoms with Gasteiger partial charge in [-0.3, -0.25) is 4.79 Å². The Labute approximate surface area is 125 Å². The van der Waals surface area contributed by atoms with Gasteiger partial charge in [-0.2, -0.15) is 4.31 Å². The number of benzene rings is 1. The second-order valence-corrected chi connectivity index (χ2v) is 7.25. The SMILES string of the molecule is Cc1ccc(S(=O)(=O)N(C)CC(=O)N2CCNCC2)cc1. The van der Waals surface area contributed by atoms with Crippen LogP contribution in [0.5, 0.6) is 0 Å². The number of rotatable bonds is 4. The summed E-state index contributed by atoms with van der Waals surface area (Å²) in [6, 6.07) is 6.63. The molecule has 1 aliphatic heterocycles. The Kier molecular flexibility index (Phi) is 4.97. The van der Waals surface area contributed by atoms with E-state index in [1.54, 1.807) is 29.2 Å². The normalized spacial score (nSPS) is 16.2. The molecule has 1 aromatic carbocycles. The lowest BCUT2D eigenvalue weighted by Gasteiger charge is -2.29. The summed E-state index contributed by atoms with van der Waals surface area (Å²) < 4.78 is 25.9. The molecule has 0 atom stereocenters. The predicted molar refractivity (Wildman–Crippen MR) is 80.4 cm³/mol. The van der Waals surface area contributed by atoms with E-state index in [1.165, 1.54) is 7.05 Å². The van der Waals surface area contributed by atoms with Crippen LogP contribution in [-0.4, -0.2) is 63.3 Å². The molecular formula is C14H21N3O3S. The fourth-order valence-corrected chi connectivity index (χ4v) is 3.30. The molecule has 0 spiro atoms. The Hall–Kier alpha value is -1.44. The maximum Gasteiger partial charge on any atom is 0.243 e. The summed E-state index contributed by atoms with van der Waals surface area (Å²) in [7, 11) is -2.18. The average molecular weight is 311 g/mol. The van der Waals surface area contributed by atoms with Gasteiger partial charge < -0.3 is 10.2 Å². The minimum absolute atomic E-state index is 0.129. The molecule has 2 rings (SSSR count). The number of likely N-dealkylation sites (N-methyl/N-ethyl adjacent to an activating group) is 1. The molecular weight excluding hydrogens is 290 g/mol. The highest BCUT2D eigenvalue weighted by molar-refractivity contribution is 7.89. The number of carbonyl (C=O) groups excluding carboxylic acids is 1. The molecule has 0 aliphatic carbocycles. The van der Waals surface area contributed by atoms with E-state index in [0.29, 0.717) is 13.1 Å². The lowest BCUT2D eigenvalue weighted by atomic mass is 10.2. The quantitative estimate of drug-likeness (QED) is 0.853. The smallest absolute Gasteiger partial charge is 0.243 e. The van der Waals surface area contributed by atoms with Gasteiger partial charge in [0.15, 0.2) is 0 Å². The van der Waals surface area contributed by atoms with E-state index in [1.807, 2.05) is 6.92 Å². The Balaban J connectivity index is 2.06. The zero-order valence-corrected chi connectivity index (χ0v) is 13.2. The van der Waals surface area contributed by atoms with E-state index in [-0.39, 0.29) is 17.3 Å². The lowest BCUT2D eigenvalue weighted by Crippen LogP contribution is -2.49. The molecule has 7 heteroatoms. The monoisotopic (exact) mass is 311 g/mol. The molecule has 1 amide bonds. The van der Waals surface area contributed by atoms with Crippen molar-refractivity contribution in [2.24, 2.45) is 0 Å². The number of hydrogen-bond acceptors (Lipinski definition) is 4. The Bertz CT molecular complexity index is 592. The van der Waals surface area contributed by atoms with Crippen molar-refractivity contribution in [1.29, 1.82) is 0 Å². The maximum absolute atomic E-state index is 12.4. The average Bonchev–Trinajstić information content (AvgIpc) is 2.48. The standard InChI is InChI=1S/C14H21N3O3S/c1-12-3-5-13(6-4-12)21(19,20)16(2)11-14(18)17-9-7-15-8-10-17/h3-6,15H,7-11H2,1-2H3. The van der Waals surface area contributed by atoms with Crippen LogP contribution in [0.15, 0.2) is 29.2 Å². The molecule has 1 saturated heterocycles. The zero-order valence-electron chi connectivity index (χ0n) is 12.4. The number of sulfonamides is 1. The van der Waals surface area contributed by atoms with Gasteiger partial charge in [0, 0.05) is 33.2 Å². The van der Waals surface area contributed by atoms with Crippen LogP contribution >= 0.6 is 0 Å². The van der Waals surface area contributed by atoms with E-state index >= 15 is 0 Å². The van der Waals surface area contributed by atoms with Crippen molar-refractivity contribution in [1.82, 2.24) is 14.5 Å².